The number of carbonyl (C=O) groups is 1. The van der Waals surface area contributed by atoms with Gasteiger partial charge in [-0.2, -0.15) is 0 Å². The summed E-state index contributed by atoms with van der Waals surface area (Å²) in [6.07, 6.45) is 4.04. The van der Waals surface area contributed by atoms with Crippen LogP contribution in [0.3, 0.4) is 0 Å². The summed E-state index contributed by atoms with van der Waals surface area (Å²) in [6.45, 7) is 0. The molecule has 8 heteroatoms. The summed E-state index contributed by atoms with van der Waals surface area (Å²) in [7, 11) is -3.31. The van der Waals surface area contributed by atoms with Crippen molar-refractivity contribution < 1.29 is 13.2 Å². The Hall–Kier alpha value is -2.06. The number of nitrogens with one attached hydrogen (secondary N) is 1. The molecule has 20 heavy (non-hydrogen) atoms. The standard InChI is InChI=1S/C12H11N3O3S2/c1-20(17,18)14-10-4-2-9(3-5-10)12(16)7-6-11-8-19-15-13-11/h2-8,14H,1H3. The average molecular weight is 309 g/mol. The maximum atomic E-state index is 11.9. The van der Waals surface area contributed by atoms with E-state index in [-0.39, 0.29) is 5.78 Å². The van der Waals surface area contributed by atoms with Crippen LogP contribution < -0.4 is 4.72 Å². The molecule has 0 aliphatic heterocycles. The van der Waals surface area contributed by atoms with Gasteiger partial charge < -0.3 is 0 Å². The first-order chi connectivity index (χ1) is 9.44. The lowest BCUT2D eigenvalue weighted by Gasteiger charge is -2.03. The predicted octanol–water partition coefficient (Wildman–Crippen LogP) is 1.81. The molecule has 1 N–H and O–H groups in total. The number of hydrogen-bond donors (Lipinski definition) is 1. The summed E-state index contributed by atoms with van der Waals surface area (Å²) < 4.78 is 28.1. The summed E-state index contributed by atoms with van der Waals surface area (Å²) in [5, 5.41) is 5.51. The zero-order chi connectivity index (χ0) is 14.6. The van der Waals surface area contributed by atoms with Gasteiger partial charge in [-0.1, -0.05) is 4.49 Å². The van der Waals surface area contributed by atoms with Crippen LogP contribution in [0.15, 0.2) is 35.7 Å². The Morgan fingerprint density at radius 1 is 1.30 bits per heavy atom. The maximum absolute atomic E-state index is 11.9. The van der Waals surface area contributed by atoms with Crippen molar-refractivity contribution in [1.82, 2.24) is 9.59 Å². The van der Waals surface area contributed by atoms with E-state index in [4.69, 9.17) is 0 Å². The number of nitrogens with zero attached hydrogens (tertiary/aromatic N) is 2. The Bertz CT molecular complexity index is 720. The zero-order valence-electron chi connectivity index (χ0n) is 10.5. The third-order valence-corrected chi connectivity index (χ3v) is 3.38. The van der Waals surface area contributed by atoms with E-state index in [0.717, 1.165) is 6.26 Å². The number of hydrogen-bond acceptors (Lipinski definition) is 6. The van der Waals surface area contributed by atoms with Gasteiger partial charge in [0.15, 0.2) is 5.78 Å². The Morgan fingerprint density at radius 3 is 2.55 bits per heavy atom. The largest absolute Gasteiger partial charge is 0.289 e. The highest BCUT2D eigenvalue weighted by molar-refractivity contribution is 7.92. The number of sulfonamides is 1. The van der Waals surface area contributed by atoms with Gasteiger partial charge >= 0.3 is 0 Å². The zero-order valence-corrected chi connectivity index (χ0v) is 12.1. The van der Waals surface area contributed by atoms with E-state index >= 15 is 0 Å². The molecule has 0 bridgehead atoms. The van der Waals surface area contributed by atoms with Crippen LogP contribution >= 0.6 is 11.5 Å². The minimum Gasteiger partial charge on any atom is -0.289 e. The van der Waals surface area contributed by atoms with Gasteiger partial charge in [-0.3, -0.25) is 9.52 Å². The molecular weight excluding hydrogens is 298 g/mol. The average Bonchev–Trinajstić information content (AvgIpc) is 2.88. The van der Waals surface area contributed by atoms with Gasteiger partial charge in [-0.15, -0.1) is 5.10 Å². The van der Waals surface area contributed by atoms with E-state index in [9.17, 15) is 13.2 Å². The Kier molecular flexibility index (Phi) is 4.26. The van der Waals surface area contributed by atoms with Crippen molar-refractivity contribution in [2.24, 2.45) is 0 Å². The second kappa shape index (κ2) is 5.93. The Morgan fingerprint density at radius 2 is 2.00 bits per heavy atom. The smallest absolute Gasteiger partial charge is 0.229 e. The molecular formula is C12H11N3O3S2. The number of ketones is 1. The van der Waals surface area contributed by atoms with Crippen molar-refractivity contribution in [2.45, 2.75) is 0 Å². The van der Waals surface area contributed by atoms with Crippen LogP contribution in [0.5, 0.6) is 0 Å². The van der Waals surface area contributed by atoms with Gasteiger partial charge in [-0.25, -0.2) is 8.42 Å². The van der Waals surface area contributed by atoms with E-state index in [2.05, 4.69) is 14.3 Å². The van der Waals surface area contributed by atoms with Gasteiger partial charge in [0.05, 0.1) is 11.9 Å². The molecule has 0 aliphatic carbocycles. The molecule has 1 heterocycles. The fraction of sp³-hybridized carbons (Fsp3) is 0.0833. The lowest BCUT2D eigenvalue weighted by atomic mass is 10.1. The molecule has 0 amide bonds. The molecule has 6 nitrogen and oxygen atoms in total. The molecule has 0 atom stereocenters. The summed E-state index contributed by atoms with van der Waals surface area (Å²) in [5.74, 6) is -0.191. The molecule has 104 valence electrons. The Balaban J connectivity index is 2.08. The van der Waals surface area contributed by atoms with Crippen LogP contribution in [0.4, 0.5) is 5.69 Å². The van der Waals surface area contributed by atoms with E-state index in [1.807, 2.05) is 0 Å². The van der Waals surface area contributed by atoms with Crippen LogP contribution in [0.25, 0.3) is 6.08 Å². The minimum atomic E-state index is -3.31. The monoisotopic (exact) mass is 309 g/mol. The van der Waals surface area contributed by atoms with Crippen LogP contribution in [0.1, 0.15) is 16.1 Å². The van der Waals surface area contributed by atoms with E-state index < -0.39 is 10.0 Å². The van der Waals surface area contributed by atoms with Crippen molar-refractivity contribution in [3.63, 3.8) is 0 Å². The summed E-state index contributed by atoms with van der Waals surface area (Å²) >= 11 is 1.21. The van der Waals surface area contributed by atoms with Gasteiger partial charge in [0.2, 0.25) is 10.0 Å². The molecule has 0 saturated heterocycles. The van der Waals surface area contributed by atoms with Gasteiger partial charge in [0.1, 0.15) is 0 Å². The van der Waals surface area contributed by atoms with E-state index in [0.29, 0.717) is 16.9 Å². The third kappa shape index (κ3) is 4.25. The number of carbonyl (C=O) groups excluding carboxylic acids is 1. The van der Waals surface area contributed by atoms with Crippen molar-refractivity contribution in [2.75, 3.05) is 11.0 Å². The number of allylic oxidation sites excluding steroid dienone is 1. The van der Waals surface area contributed by atoms with E-state index in [1.165, 1.54) is 29.7 Å². The van der Waals surface area contributed by atoms with Gasteiger partial charge in [0.25, 0.3) is 0 Å². The lowest BCUT2D eigenvalue weighted by Crippen LogP contribution is -2.09. The van der Waals surface area contributed by atoms with Crippen LogP contribution in [-0.2, 0) is 10.0 Å². The van der Waals surface area contributed by atoms with E-state index in [1.54, 1.807) is 23.6 Å². The molecule has 0 aliphatic rings. The fourth-order valence-corrected chi connectivity index (χ4v) is 2.40. The van der Waals surface area contributed by atoms with Crippen LogP contribution in [-0.4, -0.2) is 30.0 Å². The van der Waals surface area contributed by atoms with Crippen molar-refractivity contribution in [1.29, 1.82) is 0 Å². The first kappa shape index (κ1) is 14.4. The van der Waals surface area contributed by atoms with Crippen molar-refractivity contribution in [3.05, 3.63) is 47.0 Å². The Labute approximate surface area is 120 Å². The van der Waals surface area contributed by atoms with Crippen LogP contribution in [0.2, 0.25) is 0 Å². The highest BCUT2D eigenvalue weighted by Gasteiger charge is 2.04. The summed E-state index contributed by atoms with van der Waals surface area (Å²) in [5.41, 5.74) is 1.50. The first-order valence-corrected chi connectivity index (χ1v) is 8.24. The molecule has 0 fully saturated rings. The number of rotatable bonds is 5. The second-order valence-electron chi connectivity index (χ2n) is 3.98. The third-order valence-electron chi connectivity index (χ3n) is 2.26. The van der Waals surface area contributed by atoms with Gasteiger partial charge in [-0.05, 0) is 47.9 Å². The molecule has 2 aromatic rings. The number of benzene rings is 1. The molecule has 1 aromatic carbocycles. The fourth-order valence-electron chi connectivity index (χ4n) is 1.42. The topological polar surface area (TPSA) is 89.0 Å². The number of anilines is 1. The highest BCUT2D eigenvalue weighted by Crippen LogP contribution is 2.12. The highest BCUT2D eigenvalue weighted by atomic mass is 32.2. The number of aromatic nitrogens is 2. The summed E-state index contributed by atoms with van der Waals surface area (Å²) in [4.78, 5) is 11.9. The van der Waals surface area contributed by atoms with Crippen molar-refractivity contribution >= 4 is 39.1 Å². The maximum Gasteiger partial charge on any atom is 0.229 e. The first-order valence-electron chi connectivity index (χ1n) is 5.51. The van der Waals surface area contributed by atoms with Gasteiger partial charge in [0, 0.05) is 16.6 Å². The molecule has 0 saturated carbocycles. The molecule has 0 unspecified atom stereocenters. The predicted molar refractivity (Wildman–Crippen MR) is 78.2 cm³/mol. The molecule has 0 radical (unpaired) electrons. The molecule has 2 rings (SSSR count). The van der Waals surface area contributed by atoms with Crippen molar-refractivity contribution in [3.8, 4) is 0 Å². The molecule has 0 spiro atoms. The SMILES string of the molecule is CS(=O)(=O)Nc1ccc(C(=O)C=Cc2csnn2)cc1. The minimum absolute atomic E-state index is 0.191. The normalized spacial score (nSPS) is 11.7. The lowest BCUT2D eigenvalue weighted by molar-refractivity contribution is 0.104. The molecule has 1 aromatic heterocycles. The quantitative estimate of drug-likeness (QED) is 0.672. The summed E-state index contributed by atoms with van der Waals surface area (Å²) in [6, 6.07) is 6.18. The van der Waals surface area contributed by atoms with Crippen LogP contribution in [0, 0.1) is 0 Å². The second-order valence-corrected chi connectivity index (χ2v) is 6.34.